The van der Waals surface area contributed by atoms with Gasteiger partial charge in [-0.2, -0.15) is 0 Å². The van der Waals surface area contributed by atoms with Gasteiger partial charge in [0, 0.05) is 26.0 Å². The molecule has 5 N–H and O–H groups in total. The zero-order valence-electron chi connectivity index (χ0n) is 24.3. The van der Waals surface area contributed by atoms with Gasteiger partial charge < -0.3 is 40.8 Å². The van der Waals surface area contributed by atoms with E-state index in [4.69, 9.17) is 14.2 Å². The van der Waals surface area contributed by atoms with Gasteiger partial charge in [0.2, 0.25) is 29.5 Å². The highest BCUT2D eigenvalue weighted by molar-refractivity contribution is 5.92. The summed E-state index contributed by atoms with van der Waals surface area (Å²) < 4.78 is 15.8. The molecule has 13 nitrogen and oxygen atoms in total. The lowest BCUT2D eigenvalue weighted by Gasteiger charge is -2.19. The molecule has 1 atom stereocenters. The third-order valence-electron chi connectivity index (χ3n) is 5.38. The van der Waals surface area contributed by atoms with E-state index in [1.807, 2.05) is 51.1 Å². The molecule has 0 saturated heterocycles. The molecule has 13 heteroatoms. The second kappa shape index (κ2) is 22.2. The number of hydrogen-bond donors (Lipinski definition) is 5. The van der Waals surface area contributed by atoms with Crippen molar-refractivity contribution >= 4 is 29.5 Å². The Morgan fingerprint density at radius 3 is 1.90 bits per heavy atom. The van der Waals surface area contributed by atoms with Crippen LogP contribution in [-0.2, 0) is 44.6 Å². The van der Waals surface area contributed by atoms with Crippen LogP contribution in [0.3, 0.4) is 0 Å². The fourth-order valence-corrected chi connectivity index (χ4v) is 3.23. The predicted molar refractivity (Wildman–Crippen MR) is 152 cm³/mol. The van der Waals surface area contributed by atoms with Crippen LogP contribution in [0.25, 0.3) is 0 Å². The van der Waals surface area contributed by atoms with E-state index in [-0.39, 0.29) is 50.3 Å². The normalized spacial score (nSPS) is 11.4. The summed E-state index contributed by atoms with van der Waals surface area (Å²) in [6, 6.07) is 8.12. The van der Waals surface area contributed by atoms with Gasteiger partial charge in [-0.1, -0.05) is 44.2 Å². The van der Waals surface area contributed by atoms with E-state index >= 15 is 0 Å². The van der Waals surface area contributed by atoms with Gasteiger partial charge >= 0.3 is 0 Å². The topological polar surface area (TPSA) is 173 Å². The van der Waals surface area contributed by atoms with E-state index in [0.717, 1.165) is 5.56 Å². The Balaban J connectivity index is 2.37. The Morgan fingerprint density at radius 1 is 0.683 bits per heavy atom. The van der Waals surface area contributed by atoms with E-state index in [2.05, 4.69) is 26.6 Å². The van der Waals surface area contributed by atoms with Crippen molar-refractivity contribution in [2.24, 2.45) is 5.92 Å². The highest BCUT2D eigenvalue weighted by atomic mass is 16.5. The number of ether oxygens (including phenoxy) is 3. The molecule has 1 aromatic rings. The van der Waals surface area contributed by atoms with Crippen LogP contribution in [0.4, 0.5) is 0 Å². The maximum atomic E-state index is 12.8. The molecule has 0 bridgehead atoms. The van der Waals surface area contributed by atoms with E-state index in [1.165, 1.54) is 0 Å². The number of carbonyl (C=O) groups excluding carboxylic acids is 5. The summed E-state index contributed by atoms with van der Waals surface area (Å²) in [5.41, 5.74) is 0.807. The summed E-state index contributed by atoms with van der Waals surface area (Å²) in [5.74, 6) is -2.13. The molecule has 1 aromatic carbocycles. The quantitative estimate of drug-likeness (QED) is 0.112. The van der Waals surface area contributed by atoms with Crippen LogP contribution in [0.2, 0.25) is 0 Å². The average Bonchev–Trinajstić information content (AvgIpc) is 2.96. The minimum absolute atomic E-state index is 0.0679. The number of carbonyl (C=O) groups is 5. The van der Waals surface area contributed by atoms with Gasteiger partial charge in [-0.05, 0) is 18.4 Å². The van der Waals surface area contributed by atoms with Crippen LogP contribution in [0.15, 0.2) is 30.3 Å². The van der Waals surface area contributed by atoms with Crippen molar-refractivity contribution in [2.45, 2.75) is 39.7 Å². The Morgan fingerprint density at radius 2 is 1.24 bits per heavy atom. The van der Waals surface area contributed by atoms with Crippen LogP contribution in [-0.4, -0.2) is 101 Å². The molecule has 0 unspecified atom stereocenters. The molecule has 0 spiro atoms. The van der Waals surface area contributed by atoms with Crippen molar-refractivity contribution in [1.29, 1.82) is 0 Å². The van der Waals surface area contributed by atoms with Gasteiger partial charge in [-0.15, -0.1) is 0 Å². The smallest absolute Gasteiger partial charge is 0.243 e. The summed E-state index contributed by atoms with van der Waals surface area (Å²) in [6.45, 7) is 7.90. The number of nitrogens with one attached hydrogen (secondary N) is 5. The van der Waals surface area contributed by atoms with Gasteiger partial charge in [0.1, 0.15) is 6.04 Å². The molecule has 230 valence electrons. The lowest BCUT2D eigenvalue weighted by molar-refractivity contribution is -0.131. The minimum Gasteiger partial charge on any atom is -0.379 e. The monoisotopic (exact) mass is 579 g/mol. The molecule has 0 aliphatic heterocycles. The van der Waals surface area contributed by atoms with E-state index in [0.29, 0.717) is 39.6 Å². The molecule has 1 rings (SSSR count). The molecule has 0 aromatic heterocycles. The first kappa shape index (κ1) is 35.5. The Kier molecular flexibility index (Phi) is 19.2. The second-order valence-electron chi connectivity index (χ2n) is 9.45. The summed E-state index contributed by atoms with van der Waals surface area (Å²) in [5, 5.41) is 12.7. The minimum atomic E-state index is -0.963. The fraction of sp³-hybridized carbons (Fsp3) is 0.607. The lowest BCUT2D eigenvalue weighted by atomic mass is 10.1. The fourth-order valence-electron chi connectivity index (χ4n) is 3.23. The Hall–Kier alpha value is -3.55. The van der Waals surface area contributed by atoms with Crippen LogP contribution < -0.4 is 26.6 Å². The SMILES string of the molecule is CCOCCOCCOCCC(=O)NCC(=O)NCC(=O)N[C@@H](Cc1ccccc1)C(=O)NCC(=O)NCC(C)C. The average molecular weight is 580 g/mol. The molecule has 0 fully saturated rings. The summed E-state index contributed by atoms with van der Waals surface area (Å²) in [4.78, 5) is 61.2. The molecule has 41 heavy (non-hydrogen) atoms. The zero-order valence-corrected chi connectivity index (χ0v) is 24.3. The first-order valence-electron chi connectivity index (χ1n) is 13.9. The Labute approximate surface area is 241 Å². The van der Waals surface area contributed by atoms with Crippen LogP contribution >= 0.6 is 0 Å². The van der Waals surface area contributed by atoms with E-state index < -0.39 is 30.3 Å². The van der Waals surface area contributed by atoms with Crippen LogP contribution in [0.1, 0.15) is 32.8 Å². The number of hydrogen-bond acceptors (Lipinski definition) is 8. The molecule has 0 saturated carbocycles. The second-order valence-corrected chi connectivity index (χ2v) is 9.45. The largest absolute Gasteiger partial charge is 0.379 e. The third kappa shape index (κ3) is 19.2. The number of amides is 5. The van der Waals surface area contributed by atoms with Gasteiger partial charge in [0.05, 0.1) is 52.7 Å². The van der Waals surface area contributed by atoms with Crippen LogP contribution in [0, 0.1) is 5.92 Å². The van der Waals surface area contributed by atoms with Crippen molar-refractivity contribution in [2.75, 3.05) is 65.8 Å². The first-order valence-corrected chi connectivity index (χ1v) is 13.9. The molecule has 0 heterocycles. The Bertz CT molecular complexity index is 929. The van der Waals surface area contributed by atoms with Crippen molar-refractivity contribution in [3.8, 4) is 0 Å². The number of rotatable bonds is 22. The standard InChI is InChI=1S/C28H45N5O8/c1-4-39-12-13-41-15-14-40-11-10-24(34)30-18-25(35)31-20-27(37)33-23(16-22-8-6-5-7-9-22)28(38)32-19-26(36)29-17-21(2)3/h5-9,21,23H,4,10-20H2,1-3H3,(H,29,36)(H,30,34)(H,31,35)(H,32,38)(H,33,37)/t23-/m0/s1. The highest BCUT2D eigenvalue weighted by Crippen LogP contribution is 2.03. The van der Waals surface area contributed by atoms with Gasteiger partial charge in [-0.3, -0.25) is 24.0 Å². The van der Waals surface area contributed by atoms with Crippen molar-refractivity contribution in [3.63, 3.8) is 0 Å². The lowest BCUT2D eigenvalue weighted by Crippen LogP contribution is -2.52. The molecule has 5 amide bonds. The zero-order chi connectivity index (χ0) is 30.3. The van der Waals surface area contributed by atoms with Gasteiger partial charge in [0.25, 0.3) is 0 Å². The van der Waals surface area contributed by atoms with E-state index in [9.17, 15) is 24.0 Å². The summed E-state index contributed by atoms with van der Waals surface area (Å²) in [7, 11) is 0. The molecular weight excluding hydrogens is 534 g/mol. The van der Waals surface area contributed by atoms with E-state index in [1.54, 1.807) is 0 Å². The third-order valence-corrected chi connectivity index (χ3v) is 5.38. The maximum absolute atomic E-state index is 12.8. The molecular formula is C28H45N5O8. The first-order chi connectivity index (χ1) is 19.7. The summed E-state index contributed by atoms with van der Waals surface area (Å²) in [6.07, 6.45) is 0.260. The van der Waals surface area contributed by atoms with Crippen molar-refractivity contribution in [3.05, 3.63) is 35.9 Å². The molecule has 0 radical (unpaired) electrons. The molecule has 0 aliphatic carbocycles. The van der Waals surface area contributed by atoms with Crippen molar-refractivity contribution < 1.29 is 38.2 Å². The molecule has 0 aliphatic rings. The van der Waals surface area contributed by atoms with Crippen molar-refractivity contribution in [1.82, 2.24) is 26.6 Å². The predicted octanol–water partition coefficient (Wildman–Crippen LogP) is -0.705. The van der Waals surface area contributed by atoms with Gasteiger partial charge in [-0.25, -0.2) is 0 Å². The van der Waals surface area contributed by atoms with Crippen LogP contribution in [0.5, 0.6) is 0 Å². The number of benzene rings is 1. The maximum Gasteiger partial charge on any atom is 0.243 e. The van der Waals surface area contributed by atoms with Gasteiger partial charge in [0.15, 0.2) is 0 Å². The highest BCUT2D eigenvalue weighted by Gasteiger charge is 2.22. The summed E-state index contributed by atoms with van der Waals surface area (Å²) >= 11 is 0.